The third-order valence-corrected chi connectivity index (χ3v) is 12.7. The standard InChI is InChI=1S/C55H37N5/c1-3-16-38(17-4-1)58-47-25-10-8-21-41(47)45-34-36(29-31-50(45)58)37-30-32-51-46(35-37)42-22-9-12-27-49(42)60(51)55-56-53(52-28-13-14-33-57(52)55)44-24-15-23-43-40-20-7-11-26-48(40)59(54(43)44)39-18-5-2-6-19-39/h1-18,20-35,39H,19H2. The Balaban J connectivity index is 1.02. The molecule has 0 spiro atoms. The summed E-state index contributed by atoms with van der Waals surface area (Å²) in [6, 6.07) is 64.2. The zero-order valence-electron chi connectivity index (χ0n) is 32.7. The van der Waals surface area contributed by atoms with E-state index in [9.17, 15) is 0 Å². The summed E-state index contributed by atoms with van der Waals surface area (Å²) in [4.78, 5) is 5.66. The third-order valence-electron chi connectivity index (χ3n) is 12.7. The van der Waals surface area contributed by atoms with E-state index >= 15 is 0 Å². The second-order valence-electron chi connectivity index (χ2n) is 15.9. The van der Waals surface area contributed by atoms with E-state index in [-0.39, 0.29) is 6.04 Å². The van der Waals surface area contributed by atoms with Crippen LogP contribution in [0.3, 0.4) is 0 Å². The molecule has 1 atom stereocenters. The molecule has 282 valence electrons. The Kier molecular flexibility index (Phi) is 7.07. The van der Waals surface area contributed by atoms with Crippen LogP contribution in [0, 0.1) is 0 Å². The second kappa shape index (κ2) is 12.8. The van der Waals surface area contributed by atoms with Gasteiger partial charge in [0.1, 0.15) is 5.69 Å². The molecule has 12 aromatic rings. The Labute approximate surface area is 345 Å². The molecule has 5 nitrogen and oxygen atoms in total. The maximum absolute atomic E-state index is 5.66. The van der Waals surface area contributed by atoms with Gasteiger partial charge in [-0.25, -0.2) is 4.98 Å². The van der Waals surface area contributed by atoms with Crippen LogP contribution in [0.5, 0.6) is 0 Å². The number of imidazole rings is 1. The molecular formula is C55H37N5. The van der Waals surface area contributed by atoms with Crippen molar-refractivity contribution in [2.75, 3.05) is 0 Å². The van der Waals surface area contributed by atoms with Gasteiger partial charge in [0, 0.05) is 55.3 Å². The van der Waals surface area contributed by atoms with E-state index in [1.807, 2.05) is 0 Å². The van der Waals surface area contributed by atoms with Gasteiger partial charge < -0.3 is 9.13 Å². The average molecular weight is 768 g/mol. The highest BCUT2D eigenvalue weighted by Gasteiger charge is 2.25. The van der Waals surface area contributed by atoms with E-state index in [2.05, 4.69) is 225 Å². The summed E-state index contributed by atoms with van der Waals surface area (Å²) in [6.07, 6.45) is 12.0. The minimum atomic E-state index is 0.210. The van der Waals surface area contributed by atoms with Crippen molar-refractivity contribution < 1.29 is 0 Å². The van der Waals surface area contributed by atoms with E-state index in [0.717, 1.165) is 40.2 Å². The molecule has 1 unspecified atom stereocenters. The molecule has 5 aromatic heterocycles. The van der Waals surface area contributed by atoms with Gasteiger partial charge in [0.25, 0.3) is 0 Å². The van der Waals surface area contributed by atoms with Crippen LogP contribution in [-0.2, 0) is 0 Å². The number of fused-ring (bicyclic) bond motifs is 10. The molecule has 1 aliphatic carbocycles. The van der Waals surface area contributed by atoms with Gasteiger partial charge >= 0.3 is 0 Å². The number of aromatic nitrogens is 5. The van der Waals surface area contributed by atoms with Gasteiger partial charge in [-0.3, -0.25) is 8.97 Å². The minimum Gasteiger partial charge on any atom is -0.333 e. The van der Waals surface area contributed by atoms with Gasteiger partial charge in [0.15, 0.2) is 0 Å². The third kappa shape index (κ3) is 4.71. The first kappa shape index (κ1) is 33.1. The van der Waals surface area contributed by atoms with Gasteiger partial charge in [-0.05, 0) is 84.3 Å². The summed E-state index contributed by atoms with van der Waals surface area (Å²) >= 11 is 0. The van der Waals surface area contributed by atoms with Crippen molar-refractivity contribution in [1.82, 2.24) is 23.1 Å². The second-order valence-corrected chi connectivity index (χ2v) is 15.9. The highest BCUT2D eigenvalue weighted by Crippen LogP contribution is 2.43. The average Bonchev–Trinajstić information content (AvgIpc) is 4.06. The van der Waals surface area contributed by atoms with Gasteiger partial charge in [-0.1, -0.05) is 133 Å². The number of benzene rings is 7. The lowest BCUT2D eigenvalue weighted by molar-refractivity contribution is 0.648. The number of pyridine rings is 1. The van der Waals surface area contributed by atoms with E-state index in [1.54, 1.807) is 0 Å². The first-order valence-corrected chi connectivity index (χ1v) is 20.8. The van der Waals surface area contributed by atoms with Crippen LogP contribution < -0.4 is 0 Å². The fourth-order valence-electron chi connectivity index (χ4n) is 10.1. The number of allylic oxidation sites excluding steroid dienone is 4. The summed E-state index contributed by atoms with van der Waals surface area (Å²) in [5, 5.41) is 7.40. The Morgan fingerprint density at radius 1 is 0.450 bits per heavy atom. The Bertz CT molecular complexity index is 3760. The summed E-state index contributed by atoms with van der Waals surface area (Å²) in [5.74, 6) is 0.870. The van der Waals surface area contributed by atoms with E-state index in [1.165, 1.54) is 71.2 Å². The van der Waals surface area contributed by atoms with Gasteiger partial charge in [0.05, 0.1) is 39.1 Å². The number of para-hydroxylation sites is 5. The van der Waals surface area contributed by atoms with Crippen molar-refractivity contribution in [3.8, 4) is 34.0 Å². The molecule has 0 N–H and O–H groups in total. The van der Waals surface area contributed by atoms with Crippen LogP contribution in [0.4, 0.5) is 0 Å². The summed E-state index contributed by atoms with van der Waals surface area (Å²) in [7, 11) is 0. The minimum absolute atomic E-state index is 0.210. The molecule has 7 aromatic carbocycles. The summed E-state index contributed by atoms with van der Waals surface area (Å²) in [6.45, 7) is 0. The molecule has 5 heteroatoms. The van der Waals surface area contributed by atoms with Crippen LogP contribution in [-0.4, -0.2) is 23.1 Å². The predicted molar refractivity (Wildman–Crippen MR) is 250 cm³/mol. The SMILES string of the molecule is C1=CCC(n2c3ccccc3c3cccc(-c4nc(-n5c6ccccc6c6cc(-c7ccc8c(c7)c7ccccc7n8-c7ccccc7)ccc65)n5ccccc45)c32)C=C1. The molecule has 0 saturated heterocycles. The smallest absolute Gasteiger partial charge is 0.220 e. The van der Waals surface area contributed by atoms with E-state index in [4.69, 9.17) is 4.98 Å². The molecule has 0 saturated carbocycles. The van der Waals surface area contributed by atoms with Crippen molar-refractivity contribution in [3.05, 3.63) is 206 Å². The zero-order chi connectivity index (χ0) is 39.3. The molecule has 0 amide bonds. The van der Waals surface area contributed by atoms with Gasteiger partial charge in [0.2, 0.25) is 5.95 Å². The lowest BCUT2D eigenvalue weighted by Gasteiger charge is -2.19. The van der Waals surface area contributed by atoms with Crippen LogP contribution in [0.15, 0.2) is 206 Å². The summed E-state index contributed by atoms with van der Waals surface area (Å²) in [5.41, 5.74) is 13.8. The van der Waals surface area contributed by atoms with Crippen LogP contribution in [0.1, 0.15) is 12.5 Å². The quantitative estimate of drug-likeness (QED) is 0.172. The Morgan fingerprint density at radius 2 is 1.03 bits per heavy atom. The van der Waals surface area contributed by atoms with Crippen LogP contribution in [0.2, 0.25) is 0 Å². The van der Waals surface area contributed by atoms with Crippen molar-refractivity contribution in [2.24, 2.45) is 0 Å². The fourth-order valence-corrected chi connectivity index (χ4v) is 10.1. The highest BCUT2D eigenvalue weighted by atomic mass is 15.2. The molecule has 0 aliphatic heterocycles. The number of hydrogen-bond acceptors (Lipinski definition) is 1. The maximum Gasteiger partial charge on any atom is 0.220 e. The topological polar surface area (TPSA) is 32.1 Å². The van der Waals surface area contributed by atoms with Crippen molar-refractivity contribution in [1.29, 1.82) is 0 Å². The van der Waals surface area contributed by atoms with Crippen molar-refractivity contribution >= 4 is 70.9 Å². The molecular weight excluding hydrogens is 731 g/mol. The predicted octanol–water partition coefficient (Wildman–Crippen LogP) is 14.0. The fraction of sp³-hybridized carbons (Fsp3) is 0.0364. The molecule has 0 radical (unpaired) electrons. The first-order chi connectivity index (χ1) is 29.8. The molecule has 5 heterocycles. The Morgan fingerprint density at radius 3 is 1.75 bits per heavy atom. The Hall–Kier alpha value is -7.89. The highest BCUT2D eigenvalue weighted by molar-refractivity contribution is 6.15. The van der Waals surface area contributed by atoms with Gasteiger partial charge in [-0.15, -0.1) is 0 Å². The zero-order valence-corrected chi connectivity index (χ0v) is 32.7. The number of nitrogens with zero attached hydrogens (tertiary/aromatic N) is 5. The largest absolute Gasteiger partial charge is 0.333 e. The van der Waals surface area contributed by atoms with Crippen molar-refractivity contribution in [3.63, 3.8) is 0 Å². The lowest BCUT2D eigenvalue weighted by atomic mass is 10.0. The van der Waals surface area contributed by atoms with Gasteiger partial charge in [-0.2, -0.15) is 0 Å². The number of rotatable bonds is 5. The molecule has 0 bridgehead atoms. The summed E-state index contributed by atoms with van der Waals surface area (Å²) < 4.78 is 9.53. The molecule has 1 aliphatic rings. The normalized spacial score (nSPS) is 14.3. The monoisotopic (exact) mass is 767 g/mol. The molecule has 0 fully saturated rings. The number of hydrogen-bond donors (Lipinski definition) is 0. The van der Waals surface area contributed by atoms with Crippen LogP contribution in [0.25, 0.3) is 105 Å². The van der Waals surface area contributed by atoms with E-state index < -0.39 is 0 Å². The van der Waals surface area contributed by atoms with Crippen LogP contribution >= 0.6 is 0 Å². The maximum atomic E-state index is 5.66. The first-order valence-electron chi connectivity index (χ1n) is 20.8. The lowest BCUT2D eigenvalue weighted by Crippen LogP contribution is -2.07. The van der Waals surface area contributed by atoms with Crippen molar-refractivity contribution in [2.45, 2.75) is 12.5 Å². The molecule has 13 rings (SSSR count). The molecule has 60 heavy (non-hydrogen) atoms. The van der Waals surface area contributed by atoms with E-state index in [0.29, 0.717) is 0 Å².